The maximum Gasteiger partial charge on any atom is 0.126 e. The lowest BCUT2D eigenvalue weighted by atomic mass is 10.3. The summed E-state index contributed by atoms with van der Waals surface area (Å²) in [4.78, 5) is 8.80. The number of hydrogen-bond donors (Lipinski definition) is 1. The Bertz CT molecular complexity index is 465. The predicted molar refractivity (Wildman–Crippen MR) is 68.0 cm³/mol. The number of aryl methyl sites for hydroxylation is 2. The molecule has 0 radical (unpaired) electrons. The number of nitrogens with one attached hydrogen (secondary N) is 1. The minimum Gasteiger partial charge on any atom is -0.370 e. The minimum absolute atomic E-state index is 0.875. The van der Waals surface area contributed by atoms with Gasteiger partial charge >= 0.3 is 0 Å². The molecule has 0 fully saturated rings. The largest absolute Gasteiger partial charge is 0.370 e. The van der Waals surface area contributed by atoms with Crippen molar-refractivity contribution in [1.29, 1.82) is 0 Å². The maximum absolute atomic E-state index is 4.42. The molecule has 16 heavy (non-hydrogen) atoms. The third-order valence-corrected chi connectivity index (χ3v) is 3.06. The highest BCUT2D eigenvalue weighted by atomic mass is 32.1. The second-order valence-electron chi connectivity index (χ2n) is 3.70. The van der Waals surface area contributed by atoms with Gasteiger partial charge in [-0.05, 0) is 26.0 Å². The van der Waals surface area contributed by atoms with E-state index in [9.17, 15) is 0 Å². The van der Waals surface area contributed by atoms with Gasteiger partial charge in [0.1, 0.15) is 5.82 Å². The van der Waals surface area contributed by atoms with E-state index in [0.29, 0.717) is 0 Å². The normalized spacial score (nSPS) is 10.4. The number of thiazole rings is 1. The molecule has 0 saturated heterocycles. The molecule has 4 heteroatoms. The van der Waals surface area contributed by atoms with Crippen molar-refractivity contribution in [3.05, 3.63) is 40.0 Å². The van der Waals surface area contributed by atoms with Gasteiger partial charge in [-0.15, -0.1) is 11.3 Å². The number of aromatic nitrogens is 2. The topological polar surface area (TPSA) is 37.8 Å². The summed E-state index contributed by atoms with van der Waals surface area (Å²) in [7, 11) is 0. The molecule has 0 amide bonds. The molecule has 0 aliphatic heterocycles. The molecule has 0 unspecified atom stereocenters. The van der Waals surface area contributed by atoms with Crippen molar-refractivity contribution < 1.29 is 0 Å². The molecule has 0 saturated carbocycles. The van der Waals surface area contributed by atoms with Crippen molar-refractivity contribution in [2.45, 2.75) is 20.3 Å². The van der Waals surface area contributed by atoms with Crippen molar-refractivity contribution in [3.8, 4) is 0 Å². The van der Waals surface area contributed by atoms with E-state index in [4.69, 9.17) is 0 Å². The Hall–Kier alpha value is -1.42. The Morgan fingerprint density at radius 2 is 2.12 bits per heavy atom. The van der Waals surface area contributed by atoms with Crippen LogP contribution in [0.25, 0.3) is 0 Å². The Labute approximate surface area is 99.6 Å². The summed E-state index contributed by atoms with van der Waals surface area (Å²) >= 11 is 1.70. The molecule has 0 aromatic carbocycles. The molecule has 2 rings (SSSR count). The van der Waals surface area contributed by atoms with Crippen LogP contribution in [0.2, 0.25) is 0 Å². The van der Waals surface area contributed by atoms with Gasteiger partial charge in [0.2, 0.25) is 0 Å². The molecule has 2 aromatic rings. The quantitative estimate of drug-likeness (QED) is 0.882. The van der Waals surface area contributed by atoms with Crippen LogP contribution in [0.4, 0.5) is 5.82 Å². The Morgan fingerprint density at radius 1 is 1.25 bits per heavy atom. The van der Waals surface area contributed by atoms with E-state index in [0.717, 1.165) is 35.2 Å². The first kappa shape index (κ1) is 11.1. The lowest BCUT2D eigenvalue weighted by molar-refractivity contribution is 0.958. The number of anilines is 1. The van der Waals surface area contributed by atoms with Gasteiger partial charge in [-0.1, -0.05) is 6.07 Å². The van der Waals surface area contributed by atoms with Gasteiger partial charge in [0, 0.05) is 24.0 Å². The molecular weight excluding hydrogens is 218 g/mol. The predicted octanol–water partition coefficient (Wildman–Crippen LogP) is 2.81. The molecule has 2 aromatic heterocycles. The van der Waals surface area contributed by atoms with E-state index >= 15 is 0 Å². The number of pyridine rings is 1. The summed E-state index contributed by atoms with van der Waals surface area (Å²) in [5.41, 5.74) is 2.19. The van der Waals surface area contributed by atoms with Crippen LogP contribution in [-0.4, -0.2) is 16.5 Å². The van der Waals surface area contributed by atoms with Crippen LogP contribution in [-0.2, 0) is 6.42 Å². The van der Waals surface area contributed by atoms with Gasteiger partial charge in [-0.3, -0.25) is 0 Å². The Morgan fingerprint density at radius 3 is 2.81 bits per heavy atom. The molecule has 0 aliphatic rings. The zero-order valence-corrected chi connectivity index (χ0v) is 10.3. The van der Waals surface area contributed by atoms with Crippen molar-refractivity contribution in [2.24, 2.45) is 0 Å². The summed E-state index contributed by atoms with van der Waals surface area (Å²) in [6.45, 7) is 4.90. The van der Waals surface area contributed by atoms with E-state index in [1.165, 1.54) is 0 Å². The van der Waals surface area contributed by atoms with E-state index < -0.39 is 0 Å². The van der Waals surface area contributed by atoms with Crippen LogP contribution in [0.1, 0.15) is 16.4 Å². The molecule has 0 atom stereocenters. The zero-order valence-electron chi connectivity index (χ0n) is 9.53. The van der Waals surface area contributed by atoms with Gasteiger partial charge in [-0.25, -0.2) is 9.97 Å². The highest BCUT2D eigenvalue weighted by Gasteiger charge is 1.98. The second kappa shape index (κ2) is 5.07. The summed E-state index contributed by atoms with van der Waals surface area (Å²) in [5.74, 6) is 0.937. The third kappa shape index (κ3) is 3.03. The van der Waals surface area contributed by atoms with Gasteiger partial charge in [0.15, 0.2) is 0 Å². The van der Waals surface area contributed by atoms with Crippen molar-refractivity contribution in [2.75, 3.05) is 11.9 Å². The van der Waals surface area contributed by atoms with Gasteiger partial charge < -0.3 is 5.32 Å². The monoisotopic (exact) mass is 233 g/mol. The molecule has 84 valence electrons. The molecule has 0 bridgehead atoms. The molecule has 0 aliphatic carbocycles. The minimum atomic E-state index is 0.875. The van der Waals surface area contributed by atoms with Gasteiger partial charge in [0.05, 0.1) is 10.7 Å². The van der Waals surface area contributed by atoms with Crippen LogP contribution in [0.3, 0.4) is 0 Å². The summed E-state index contributed by atoms with van der Waals surface area (Å²) < 4.78 is 0. The first-order chi connectivity index (χ1) is 7.74. The van der Waals surface area contributed by atoms with Crippen molar-refractivity contribution in [1.82, 2.24) is 9.97 Å². The average Bonchev–Trinajstić information content (AvgIpc) is 2.64. The fourth-order valence-electron chi connectivity index (χ4n) is 1.48. The summed E-state index contributed by atoms with van der Waals surface area (Å²) in [6.07, 6.45) is 0.944. The van der Waals surface area contributed by atoms with Gasteiger partial charge in [0.25, 0.3) is 0 Å². The lowest BCUT2D eigenvalue weighted by Gasteiger charge is -2.04. The van der Waals surface area contributed by atoms with Crippen LogP contribution in [0.15, 0.2) is 23.6 Å². The second-order valence-corrected chi connectivity index (χ2v) is 4.76. The maximum atomic E-state index is 4.42. The Kier molecular flexibility index (Phi) is 3.51. The highest BCUT2D eigenvalue weighted by Crippen LogP contribution is 2.09. The Balaban J connectivity index is 1.84. The van der Waals surface area contributed by atoms with E-state index in [1.54, 1.807) is 11.3 Å². The molecule has 1 N–H and O–H groups in total. The van der Waals surface area contributed by atoms with Crippen LogP contribution >= 0.6 is 11.3 Å². The van der Waals surface area contributed by atoms with Crippen LogP contribution in [0, 0.1) is 13.8 Å². The van der Waals surface area contributed by atoms with E-state index in [-0.39, 0.29) is 0 Å². The van der Waals surface area contributed by atoms with Crippen LogP contribution in [0.5, 0.6) is 0 Å². The van der Waals surface area contributed by atoms with Crippen molar-refractivity contribution in [3.63, 3.8) is 0 Å². The smallest absolute Gasteiger partial charge is 0.126 e. The van der Waals surface area contributed by atoms with Crippen LogP contribution < -0.4 is 5.32 Å². The zero-order chi connectivity index (χ0) is 11.4. The number of nitrogens with zero attached hydrogens (tertiary/aromatic N) is 2. The number of rotatable bonds is 4. The van der Waals surface area contributed by atoms with Gasteiger partial charge in [-0.2, -0.15) is 0 Å². The average molecular weight is 233 g/mol. The fraction of sp³-hybridized carbons (Fsp3) is 0.333. The SMILES string of the molecule is Cc1cccc(NCCc2csc(C)n2)n1. The summed E-state index contributed by atoms with van der Waals surface area (Å²) in [6, 6.07) is 5.99. The standard InChI is InChI=1S/C12H15N3S/c1-9-4-3-5-12(14-9)13-7-6-11-8-16-10(2)15-11/h3-5,8H,6-7H2,1-2H3,(H,13,14). The lowest BCUT2D eigenvalue weighted by Crippen LogP contribution is -2.06. The molecular formula is C12H15N3S. The molecule has 0 spiro atoms. The van der Waals surface area contributed by atoms with E-state index in [1.807, 2.05) is 32.0 Å². The fourth-order valence-corrected chi connectivity index (χ4v) is 2.13. The summed E-state index contributed by atoms with van der Waals surface area (Å²) in [5, 5.41) is 6.54. The van der Waals surface area contributed by atoms with E-state index in [2.05, 4.69) is 20.7 Å². The first-order valence-electron chi connectivity index (χ1n) is 5.32. The molecule has 3 nitrogen and oxygen atoms in total. The highest BCUT2D eigenvalue weighted by molar-refractivity contribution is 7.09. The first-order valence-corrected chi connectivity index (χ1v) is 6.20. The molecule has 2 heterocycles. The third-order valence-electron chi connectivity index (χ3n) is 2.24. The number of hydrogen-bond acceptors (Lipinski definition) is 4. The van der Waals surface area contributed by atoms with Crippen molar-refractivity contribution >= 4 is 17.2 Å².